The molecule has 31 heavy (non-hydrogen) atoms. The van der Waals surface area contributed by atoms with Gasteiger partial charge in [0.05, 0.1) is 7.11 Å². The second-order valence-corrected chi connectivity index (χ2v) is 7.74. The Kier molecular flexibility index (Phi) is 6.27. The number of aryl methyl sites for hydroxylation is 1. The number of methoxy groups -OCH3 is 1. The third-order valence-corrected chi connectivity index (χ3v) is 5.58. The first kappa shape index (κ1) is 20.6. The zero-order valence-electron chi connectivity index (χ0n) is 18.0. The third-order valence-electron chi connectivity index (χ3n) is 5.58. The van der Waals surface area contributed by atoms with E-state index in [1.165, 1.54) is 16.7 Å². The Hall–Kier alpha value is -3.66. The first-order chi connectivity index (χ1) is 15.1. The van der Waals surface area contributed by atoms with E-state index in [0.29, 0.717) is 12.1 Å². The molecule has 1 amide bonds. The Balaban J connectivity index is 1.32. The number of carbonyl (C=O) groups is 1. The summed E-state index contributed by atoms with van der Waals surface area (Å²) in [6.07, 6.45) is 4.99. The quantitative estimate of drug-likeness (QED) is 0.456. The van der Waals surface area contributed by atoms with Crippen LogP contribution < -0.4 is 14.6 Å². The van der Waals surface area contributed by atoms with Gasteiger partial charge >= 0.3 is 0 Å². The van der Waals surface area contributed by atoms with Crippen LogP contribution in [0.4, 0.5) is 0 Å². The van der Waals surface area contributed by atoms with Gasteiger partial charge in [0.15, 0.2) is 18.9 Å². The third kappa shape index (κ3) is 5.10. The molecule has 4 aromatic rings. The zero-order chi connectivity index (χ0) is 21.6. The second kappa shape index (κ2) is 9.43. The number of benzene rings is 3. The van der Waals surface area contributed by atoms with E-state index in [-0.39, 0.29) is 5.91 Å². The van der Waals surface area contributed by atoms with E-state index in [0.717, 1.165) is 29.5 Å². The van der Waals surface area contributed by atoms with Crippen molar-refractivity contribution < 1.29 is 14.1 Å². The van der Waals surface area contributed by atoms with Gasteiger partial charge in [-0.2, -0.15) is 0 Å². The molecule has 0 aliphatic carbocycles. The minimum absolute atomic E-state index is 0.0525. The van der Waals surface area contributed by atoms with Gasteiger partial charge in [-0.25, -0.2) is 4.57 Å². The molecule has 3 aromatic carbocycles. The van der Waals surface area contributed by atoms with Gasteiger partial charge in [0, 0.05) is 29.8 Å². The summed E-state index contributed by atoms with van der Waals surface area (Å²) in [5.41, 5.74) is 4.49. The van der Waals surface area contributed by atoms with Crippen molar-refractivity contribution in [3.63, 3.8) is 0 Å². The lowest BCUT2D eigenvalue weighted by molar-refractivity contribution is -0.688. The first-order valence-corrected chi connectivity index (χ1v) is 10.5. The van der Waals surface area contributed by atoms with Crippen molar-refractivity contribution in [1.82, 2.24) is 5.32 Å². The van der Waals surface area contributed by atoms with Crippen LogP contribution in [0.1, 0.15) is 27.0 Å². The summed E-state index contributed by atoms with van der Waals surface area (Å²) in [5.74, 6) is 0.760. The number of hydrogen-bond acceptors (Lipinski definition) is 2. The summed E-state index contributed by atoms with van der Waals surface area (Å²) in [7, 11) is 1.65. The molecule has 0 bridgehead atoms. The van der Waals surface area contributed by atoms with E-state index >= 15 is 0 Å². The topological polar surface area (TPSA) is 42.2 Å². The number of pyridine rings is 1. The lowest BCUT2D eigenvalue weighted by atomic mass is 10.1. The van der Waals surface area contributed by atoms with Gasteiger partial charge < -0.3 is 10.1 Å². The average molecular weight is 412 g/mol. The molecule has 0 saturated carbocycles. The maximum absolute atomic E-state index is 12.6. The minimum Gasteiger partial charge on any atom is -0.497 e. The molecular weight excluding hydrogens is 384 g/mol. The second-order valence-electron chi connectivity index (χ2n) is 7.74. The van der Waals surface area contributed by atoms with Crippen molar-refractivity contribution in [3.05, 3.63) is 107 Å². The molecule has 0 atom stereocenters. The van der Waals surface area contributed by atoms with E-state index in [1.54, 1.807) is 7.11 Å². The summed E-state index contributed by atoms with van der Waals surface area (Å²) >= 11 is 0. The fourth-order valence-corrected chi connectivity index (χ4v) is 3.66. The van der Waals surface area contributed by atoms with E-state index in [4.69, 9.17) is 4.74 Å². The fourth-order valence-electron chi connectivity index (χ4n) is 3.66. The molecule has 0 unspecified atom stereocenters. The summed E-state index contributed by atoms with van der Waals surface area (Å²) in [4.78, 5) is 12.6. The molecule has 0 fully saturated rings. The Morgan fingerprint density at radius 2 is 1.68 bits per heavy atom. The smallest absolute Gasteiger partial charge is 0.251 e. The maximum Gasteiger partial charge on any atom is 0.251 e. The lowest BCUT2D eigenvalue weighted by Gasteiger charge is -2.08. The van der Waals surface area contributed by atoms with Crippen LogP contribution in [-0.4, -0.2) is 19.6 Å². The van der Waals surface area contributed by atoms with Gasteiger partial charge in [0.1, 0.15) is 5.75 Å². The van der Waals surface area contributed by atoms with Crippen molar-refractivity contribution in [2.75, 3.05) is 13.7 Å². The molecule has 1 heterocycles. The summed E-state index contributed by atoms with van der Waals surface area (Å²) in [6, 6.07) is 24.3. The summed E-state index contributed by atoms with van der Waals surface area (Å²) in [6.45, 7) is 3.60. The number of carbonyl (C=O) groups excluding carboxylic acids is 1. The average Bonchev–Trinajstić information content (AvgIpc) is 2.81. The Bertz CT molecular complexity index is 1200. The maximum atomic E-state index is 12.6. The molecule has 0 spiro atoms. The summed E-state index contributed by atoms with van der Waals surface area (Å²) < 4.78 is 7.43. The van der Waals surface area contributed by atoms with Crippen molar-refractivity contribution in [3.8, 4) is 5.75 Å². The molecule has 4 nitrogen and oxygen atoms in total. The molecule has 156 valence electrons. The molecule has 0 aliphatic heterocycles. The van der Waals surface area contributed by atoms with Gasteiger partial charge in [0.25, 0.3) is 5.91 Å². The molecule has 4 heteroatoms. The Labute approximate surface area is 183 Å². The van der Waals surface area contributed by atoms with Crippen molar-refractivity contribution in [2.45, 2.75) is 19.9 Å². The SMILES string of the molecule is COc1ccc2cc(C(=O)NCCc3cc[n+](Cc4ccccc4C)cc3)ccc2c1. The van der Waals surface area contributed by atoms with Crippen LogP contribution >= 0.6 is 0 Å². The van der Waals surface area contributed by atoms with E-state index in [9.17, 15) is 4.79 Å². The van der Waals surface area contributed by atoms with Crippen LogP contribution in [0.2, 0.25) is 0 Å². The lowest BCUT2D eigenvalue weighted by Crippen LogP contribution is -2.33. The van der Waals surface area contributed by atoms with E-state index in [2.05, 4.69) is 65.6 Å². The van der Waals surface area contributed by atoms with Gasteiger partial charge in [-0.1, -0.05) is 36.4 Å². The van der Waals surface area contributed by atoms with Crippen LogP contribution in [0.3, 0.4) is 0 Å². The number of aromatic nitrogens is 1. The van der Waals surface area contributed by atoms with Crippen LogP contribution in [0.25, 0.3) is 10.8 Å². The first-order valence-electron chi connectivity index (χ1n) is 10.5. The molecular formula is C27H27N2O2+. The predicted molar refractivity (Wildman–Crippen MR) is 123 cm³/mol. The number of amides is 1. The zero-order valence-corrected chi connectivity index (χ0v) is 18.0. The van der Waals surface area contributed by atoms with Gasteiger partial charge in [0.2, 0.25) is 0 Å². The molecule has 0 radical (unpaired) electrons. The Morgan fingerprint density at radius 3 is 2.45 bits per heavy atom. The predicted octanol–water partition coefficient (Wildman–Crippen LogP) is 4.47. The Morgan fingerprint density at radius 1 is 0.935 bits per heavy atom. The largest absolute Gasteiger partial charge is 0.497 e. The number of nitrogens with one attached hydrogen (secondary N) is 1. The van der Waals surface area contributed by atoms with Gasteiger partial charge in [-0.3, -0.25) is 4.79 Å². The van der Waals surface area contributed by atoms with Gasteiger partial charge in [-0.15, -0.1) is 0 Å². The number of fused-ring (bicyclic) bond motifs is 1. The number of rotatable bonds is 7. The highest BCUT2D eigenvalue weighted by atomic mass is 16.5. The molecule has 0 saturated heterocycles. The molecule has 0 aliphatic rings. The van der Waals surface area contributed by atoms with Crippen molar-refractivity contribution in [1.29, 1.82) is 0 Å². The molecule has 1 N–H and O–H groups in total. The van der Waals surface area contributed by atoms with Gasteiger partial charge in [-0.05, 0) is 59.5 Å². The highest BCUT2D eigenvalue weighted by molar-refractivity contribution is 5.98. The number of hydrogen-bond donors (Lipinski definition) is 1. The number of ether oxygens (including phenoxy) is 1. The highest BCUT2D eigenvalue weighted by Gasteiger charge is 2.08. The van der Waals surface area contributed by atoms with Crippen LogP contribution in [-0.2, 0) is 13.0 Å². The fraction of sp³-hybridized carbons (Fsp3) is 0.185. The van der Waals surface area contributed by atoms with Crippen LogP contribution in [0.15, 0.2) is 85.2 Å². The highest BCUT2D eigenvalue weighted by Crippen LogP contribution is 2.21. The van der Waals surface area contributed by atoms with Crippen molar-refractivity contribution in [2.24, 2.45) is 0 Å². The normalized spacial score (nSPS) is 10.8. The van der Waals surface area contributed by atoms with E-state index in [1.807, 2.05) is 36.4 Å². The van der Waals surface area contributed by atoms with Crippen LogP contribution in [0.5, 0.6) is 5.75 Å². The van der Waals surface area contributed by atoms with Crippen LogP contribution in [0, 0.1) is 6.92 Å². The standard InChI is InChI=1S/C27H26N2O2/c1-20-5-3-4-6-25(20)19-29-15-12-21(13-16-29)11-14-28-27(30)24-8-7-23-18-26(31-2)10-9-22(23)17-24/h3-10,12-13,15-18H,11,14,19H2,1-2H3/p+1. The summed E-state index contributed by atoms with van der Waals surface area (Å²) in [5, 5.41) is 5.10. The van der Waals surface area contributed by atoms with E-state index < -0.39 is 0 Å². The van der Waals surface area contributed by atoms with Crippen molar-refractivity contribution >= 4 is 16.7 Å². The monoisotopic (exact) mass is 411 g/mol. The number of nitrogens with zero attached hydrogens (tertiary/aromatic N) is 1. The minimum atomic E-state index is -0.0525. The molecule has 4 rings (SSSR count). The molecule has 1 aromatic heterocycles.